The normalized spacial score (nSPS) is 16.9. The molecular weight excluding hydrogens is 326 g/mol. The van der Waals surface area contributed by atoms with E-state index in [0.717, 1.165) is 5.75 Å². The fourth-order valence-corrected chi connectivity index (χ4v) is 3.30. The van der Waals surface area contributed by atoms with E-state index in [9.17, 15) is 4.79 Å². The van der Waals surface area contributed by atoms with Gasteiger partial charge in [0.15, 0.2) is 28.6 Å². The minimum absolute atomic E-state index is 0.184. The molecule has 2 heterocycles. The number of carbonyl (C=O) groups excluding carboxylic acids is 1. The molecule has 6 nitrogen and oxygen atoms in total. The number of thioether (sulfide) groups is 1. The van der Waals surface area contributed by atoms with Crippen molar-refractivity contribution in [2.24, 2.45) is 12.5 Å². The van der Waals surface area contributed by atoms with Gasteiger partial charge in [0, 0.05) is 12.5 Å². The quantitative estimate of drug-likeness (QED) is 0.792. The Hall–Kier alpha value is -2.02. The maximum Gasteiger partial charge on any atom is 0.192 e. The Morgan fingerprint density at radius 3 is 2.71 bits per heavy atom. The molecule has 1 unspecified atom stereocenters. The van der Waals surface area contributed by atoms with Gasteiger partial charge < -0.3 is 14.0 Å². The highest BCUT2D eigenvalue weighted by atomic mass is 32.2. The average molecular weight is 347 g/mol. The lowest BCUT2D eigenvalue weighted by atomic mass is 9.92. The zero-order valence-electron chi connectivity index (χ0n) is 14.3. The predicted octanol–water partition coefficient (Wildman–Crippen LogP) is 3.03. The van der Waals surface area contributed by atoms with E-state index in [0.29, 0.717) is 29.1 Å². The second kappa shape index (κ2) is 6.47. The minimum atomic E-state index is -0.349. The molecule has 3 rings (SSSR count). The lowest BCUT2D eigenvalue weighted by Crippen LogP contribution is -2.24. The van der Waals surface area contributed by atoms with Crippen molar-refractivity contribution < 1.29 is 14.3 Å². The topological polar surface area (TPSA) is 66.2 Å². The standard InChI is InChI=1S/C17H21N3O3S/c1-17(2,3)14(21)10-24-16-19-18-15(20(16)4)13-9-22-11-7-5-6-8-12(11)23-13/h5-8,13H,9-10H2,1-4H3. The van der Waals surface area contributed by atoms with Crippen molar-refractivity contribution in [3.63, 3.8) is 0 Å². The summed E-state index contributed by atoms with van der Waals surface area (Å²) < 4.78 is 13.6. The number of benzene rings is 1. The summed E-state index contributed by atoms with van der Waals surface area (Å²) in [5.41, 5.74) is -0.349. The van der Waals surface area contributed by atoms with Crippen LogP contribution >= 0.6 is 11.8 Å². The first-order valence-corrected chi connectivity index (χ1v) is 8.78. The summed E-state index contributed by atoms with van der Waals surface area (Å²) in [6, 6.07) is 7.56. The van der Waals surface area contributed by atoms with Crippen LogP contribution in [-0.2, 0) is 11.8 Å². The molecule has 24 heavy (non-hydrogen) atoms. The van der Waals surface area contributed by atoms with Gasteiger partial charge in [-0.1, -0.05) is 44.7 Å². The van der Waals surface area contributed by atoms with E-state index in [1.807, 2.05) is 56.7 Å². The number of fused-ring (bicyclic) bond motifs is 1. The van der Waals surface area contributed by atoms with E-state index in [1.165, 1.54) is 11.8 Å². The summed E-state index contributed by atoms with van der Waals surface area (Å²) in [6.07, 6.45) is -0.315. The Balaban J connectivity index is 1.71. The molecule has 0 saturated carbocycles. The highest BCUT2D eigenvalue weighted by Gasteiger charge is 2.28. The van der Waals surface area contributed by atoms with Crippen molar-refractivity contribution in [1.29, 1.82) is 0 Å². The zero-order chi connectivity index (χ0) is 17.3. The van der Waals surface area contributed by atoms with Crippen molar-refractivity contribution in [2.75, 3.05) is 12.4 Å². The van der Waals surface area contributed by atoms with Gasteiger partial charge in [-0.3, -0.25) is 4.79 Å². The first-order valence-electron chi connectivity index (χ1n) is 7.80. The van der Waals surface area contributed by atoms with E-state index >= 15 is 0 Å². The van der Waals surface area contributed by atoms with E-state index in [-0.39, 0.29) is 17.3 Å². The van der Waals surface area contributed by atoms with Gasteiger partial charge >= 0.3 is 0 Å². The molecule has 0 fully saturated rings. The third-order valence-corrected chi connectivity index (χ3v) is 4.85. The van der Waals surface area contributed by atoms with Gasteiger partial charge in [0.05, 0.1) is 5.75 Å². The second-order valence-electron chi connectivity index (χ2n) is 6.73. The Morgan fingerprint density at radius 2 is 2.00 bits per heavy atom. The number of carbonyl (C=O) groups is 1. The van der Waals surface area contributed by atoms with Gasteiger partial charge in [-0.25, -0.2) is 0 Å². The first kappa shape index (κ1) is 16.8. The Labute approximate surface area is 145 Å². The summed E-state index contributed by atoms with van der Waals surface area (Å²) in [6.45, 7) is 6.14. The monoisotopic (exact) mass is 347 g/mol. The smallest absolute Gasteiger partial charge is 0.192 e. The van der Waals surface area contributed by atoms with Crippen molar-refractivity contribution in [3.8, 4) is 11.5 Å². The Bertz CT molecular complexity index is 752. The van der Waals surface area contributed by atoms with Gasteiger partial charge in [0.25, 0.3) is 0 Å². The van der Waals surface area contributed by atoms with Crippen LogP contribution < -0.4 is 9.47 Å². The lowest BCUT2D eigenvalue weighted by molar-refractivity contribution is -0.123. The van der Waals surface area contributed by atoms with Crippen LogP contribution in [0.25, 0.3) is 0 Å². The van der Waals surface area contributed by atoms with E-state index in [1.54, 1.807) is 0 Å². The fraction of sp³-hybridized carbons (Fsp3) is 0.471. The molecule has 0 saturated heterocycles. The Kier molecular flexibility index (Phi) is 4.54. The number of nitrogens with zero attached hydrogens (tertiary/aromatic N) is 3. The molecule has 1 aromatic carbocycles. The predicted molar refractivity (Wildman–Crippen MR) is 91.5 cm³/mol. The molecule has 1 atom stereocenters. The molecular formula is C17H21N3O3S. The van der Waals surface area contributed by atoms with E-state index < -0.39 is 0 Å². The summed E-state index contributed by atoms with van der Waals surface area (Å²) in [4.78, 5) is 12.1. The maximum absolute atomic E-state index is 12.1. The van der Waals surface area contributed by atoms with Gasteiger partial charge in [0.1, 0.15) is 12.4 Å². The number of Topliss-reactive ketones (excluding diaryl/α,β-unsaturated/α-hetero) is 1. The molecule has 0 bridgehead atoms. The first-order chi connectivity index (χ1) is 11.4. The highest BCUT2D eigenvalue weighted by molar-refractivity contribution is 7.99. The molecule has 0 amide bonds. The summed E-state index contributed by atoms with van der Waals surface area (Å²) in [7, 11) is 1.88. The van der Waals surface area contributed by atoms with Crippen molar-refractivity contribution in [3.05, 3.63) is 30.1 Å². The number of aromatic nitrogens is 3. The molecule has 1 aliphatic rings. The average Bonchev–Trinajstić information content (AvgIpc) is 2.92. The van der Waals surface area contributed by atoms with Crippen LogP contribution in [0.2, 0.25) is 0 Å². The van der Waals surface area contributed by atoms with Gasteiger partial charge in [0.2, 0.25) is 0 Å². The molecule has 128 valence electrons. The van der Waals surface area contributed by atoms with Crippen LogP contribution in [0, 0.1) is 5.41 Å². The third kappa shape index (κ3) is 3.40. The van der Waals surface area contributed by atoms with Crippen LogP contribution in [0.3, 0.4) is 0 Å². The Morgan fingerprint density at radius 1 is 1.29 bits per heavy atom. The molecule has 0 spiro atoms. The van der Waals surface area contributed by atoms with Crippen molar-refractivity contribution in [2.45, 2.75) is 32.0 Å². The molecule has 0 N–H and O–H groups in total. The van der Waals surface area contributed by atoms with Crippen LogP contribution in [0.4, 0.5) is 0 Å². The lowest BCUT2D eigenvalue weighted by Gasteiger charge is -2.25. The van der Waals surface area contributed by atoms with Gasteiger partial charge in [-0.15, -0.1) is 10.2 Å². The summed E-state index contributed by atoms with van der Waals surface area (Å²) >= 11 is 1.40. The SMILES string of the molecule is Cn1c(SCC(=O)C(C)(C)C)nnc1C1COc2ccccc2O1. The van der Waals surface area contributed by atoms with Crippen molar-refractivity contribution in [1.82, 2.24) is 14.8 Å². The maximum atomic E-state index is 12.1. The molecule has 2 aromatic rings. The van der Waals surface area contributed by atoms with Gasteiger partial charge in [-0.2, -0.15) is 0 Å². The molecule has 0 aliphatic carbocycles. The summed E-state index contributed by atoms with van der Waals surface area (Å²) in [5, 5.41) is 9.12. The molecule has 1 aromatic heterocycles. The van der Waals surface area contributed by atoms with Crippen LogP contribution in [0.15, 0.2) is 29.4 Å². The number of rotatable bonds is 4. The van der Waals surface area contributed by atoms with Crippen LogP contribution in [0.5, 0.6) is 11.5 Å². The minimum Gasteiger partial charge on any atom is -0.485 e. The highest BCUT2D eigenvalue weighted by Crippen LogP contribution is 2.35. The number of ketones is 1. The third-order valence-electron chi connectivity index (χ3n) is 3.83. The fourth-order valence-electron chi connectivity index (χ4n) is 2.23. The van der Waals surface area contributed by atoms with Crippen LogP contribution in [0.1, 0.15) is 32.7 Å². The second-order valence-corrected chi connectivity index (χ2v) is 7.67. The zero-order valence-corrected chi connectivity index (χ0v) is 15.1. The molecule has 1 aliphatic heterocycles. The largest absolute Gasteiger partial charge is 0.485 e. The van der Waals surface area contributed by atoms with E-state index in [2.05, 4.69) is 10.2 Å². The van der Waals surface area contributed by atoms with Crippen LogP contribution in [-0.4, -0.2) is 32.9 Å². The number of hydrogen-bond acceptors (Lipinski definition) is 6. The molecule has 7 heteroatoms. The number of hydrogen-bond donors (Lipinski definition) is 0. The number of ether oxygens (including phenoxy) is 2. The van der Waals surface area contributed by atoms with Crippen molar-refractivity contribution >= 4 is 17.5 Å². The number of para-hydroxylation sites is 2. The van der Waals surface area contributed by atoms with E-state index in [4.69, 9.17) is 9.47 Å². The molecule has 0 radical (unpaired) electrons. The van der Waals surface area contributed by atoms with Gasteiger partial charge in [-0.05, 0) is 12.1 Å². The summed E-state index contributed by atoms with van der Waals surface area (Å²) in [5.74, 6) is 2.69.